The van der Waals surface area contributed by atoms with Crippen LogP contribution >= 0.6 is 15.9 Å². The minimum Gasteiger partial charge on any atom is -0.0622 e. The van der Waals surface area contributed by atoms with Crippen molar-refractivity contribution in [3.05, 3.63) is 59.1 Å². The Morgan fingerprint density at radius 2 is 1.69 bits per heavy atom. The third kappa shape index (κ3) is 1.81. The average Bonchev–Trinajstić information content (AvgIpc) is 2.20. The summed E-state index contributed by atoms with van der Waals surface area (Å²) in [6.07, 6.45) is 0. The third-order valence-electron chi connectivity index (χ3n) is 1.87. The lowest BCUT2D eigenvalue weighted by atomic mass is 10.1. The summed E-state index contributed by atoms with van der Waals surface area (Å²) in [5.74, 6) is 0. The summed E-state index contributed by atoms with van der Waals surface area (Å²) in [4.78, 5) is 0. The van der Waals surface area contributed by atoms with E-state index in [0.29, 0.717) is 0 Å². The molecule has 0 saturated heterocycles. The normalized spacial score (nSPS) is 9.92. The molecule has 0 spiro atoms. The number of benzene rings is 2. The number of hydrogen-bond donors (Lipinski definition) is 0. The monoisotopic (exact) mass is 231 g/mol. The van der Waals surface area contributed by atoms with Gasteiger partial charge in [-0.15, -0.1) is 0 Å². The lowest BCUT2D eigenvalue weighted by molar-refractivity contribution is 1.57. The topological polar surface area (TPSA) is 0 Å². The Hall–Kier alpha value is -1.08. The summed E-state index contributed by atoms with van der Waals surface area (Å²) in [6, 6.07) is 19.4. The van der Waals surface area contributed by atoms with Gasteiger partial charge in [-0.3, -0.25) is 0 Å². The van der Waals surface area contributed by atoms with Crippen molar-refractivity contribution in [1.29, 1.82) is 0 Å². The van der Waals surface area contributed by atoms with E-state index in [9.17, 15) is 0 Å². The molecule has 0 heterocycles. The van der Waals surface area contributed by atoms with Crippen LogP contribution in [0.15, 0.2) is 53.0 Å². The number of halogens is 1. The molecule has 0 fully saturated rings. The van der Waals surface area contributed by atoms with Gasteiger partial charge in [0.25, 0.3) is 0 Å². The smallest absolute Gasteiger partial charge is 0.0259 e. The van der Waals surface area contributed by atoms with E-state index in [2.05, 4.69) is 34.1 Å². The molecule has 2 aromatic rings. The molecule has 0 saturated carbocycles. The van der Waals surface area contributed by atoms with E-state index in [4.69, 9.17) is 0 Å². The highest BCUT2D eigenvalue weighted by atomic mass is 79.9. The molecule has 13 heavy (non-hydrogen) atoms. The van der Waals surface area contributed by atoms with Gasteiger partial charge in [-0.1, -0.05) is 58.4 Å². The maximum atomic E-state index is 3.50. The van der Waals surface area contributed by atoms with Crippen LogP contribution < -0.4 is 0 Å². The molecule has 2 rings (SSSR count). The fourth-order valence-corrected chi connectivity index (χ4v) is 1.74. The second kappa shape index (κ2) is 3.75. The van der Waals surface area contributed by atoms with E-state index in [1.54, 1.807) is 0 Å². The largest absolute Gasteiger partial charge is 0.0622 e. The summed E-state index contributed by atoms with van der Waals surface area (Å²) in [7, 11) is 0. The molecule has 2 aromatic carbocycles. The van der Waals surface area contributed by atoms with Gasteiger partial charge in [-0.05, 0) is 17.7 Å². The molecule has 0 aliphatic rings. The SMILES string of the molecule is Brc1ccc[c]c1-c1ccccc1. The Morgan fingerprint density at radius 1 is 0.923 bits per heavy atom. The van der Waals surface area contributed by atoms with Crippen molar-refractivity contribution in [3.63, 3.8) is 0 Å². The molecule has 0 N–H and O–H groups in total. The van der Waals surface area contributed by atoms with Crippen LogP contribution in [0.1, 0.15) is 0 Å². The predicted octanol–water partition coefficient (Wildman–Crippen LogP) is 3.92. The molecule has 0 aliphatic heterocycles. The van der Waals surface area contributed by atoms with Crippen LogP contribution in [0.4, 0.5) is 0 Å². The van der Waals surface area contributed by atoms with Crippen LogP contribution in [0.3, 0.4) is 0 Å². The number of hydrogen-bond acceptors (Lipinski definition) is 0. The van der Waals surface area contributed by atoms with Crippen LogP contribution in [-0.2, 0) is 0 Å². The molecule has 0 unspecified atom stereocenters. The zero-order chi connectivity index (χ0) is 9.10. The van der Waals surface area contributed by atoms with Gasteiger partial charge in [0.2, 0.25) is 0 Å². The van der Waals surface area contributed by atoms with E-state index in [0.717, 1.165) is 10.0 Å². The fourth-order valence-electron chi connectivity index (χ4n) is 1.24. The van der Waals surface area contributed by atoms with Gasteiger partial charge in [-0.25, -0.2) is 0 Å². The van der Waals surface area contributed by atoms with Crippen LogP contribution in [-0.4, -0.2) is 0 Å². The zero-order valence-electron chi connectivity index (χ0n) is 7.00. The highest BCUT2D eigenvalue weighted by Gasteiger charge is 1.99. The third-order valence-corrected chi connectivity index (χ3v) is 2.53. The van der Waals surface area contributed by atoms with Crippen molar-refractivity contribution in [1.82, 2.24) is 0 Å². The molecule has 0 aliphatic carbocycles. The zero-order valence-corrected chi connectivity index (χ0v) is 8.58. The first kappa shape index (κ1) is 8.52. The highest BCUT2D eigenvalue weighted by Crippen LogP contribution is 2.26. The summed E-state index contributed by atoms with van der Waals surface area (Å²) in [5.41, 5.74) is 2.30. The van der Waals surface area contributed by atoms with Crippen molar-refractivity contribution in [2.45, 2.75) is 0 Å². The molecule has 1 radical (unpaired) electrons. The Bertz CT molecular complexity index is 393. The Labute approximate surface area is 86.4 Å². The lowest BCUT2D eigenvalue weighted by Gasteiger charge is -2.02. The quantitative estimate of drug-likeness (QED) is 0.699. The summed E-state index contributed by atoms with van der Waals surface area (Å²) in [6.45, 7) is 0. The van der Waals surface area contributed by atoms with E-state index < -0.39 is 0 Å². The van der Waals surface area contributed by atoms with Crippen molar-refractivity contribution in [2.24, 2.45) is 0 Å². The first-order chi connectivity index (χ1) is 6.38. The van der Waals surface area contributed by atoms with Crippen molar-refractivity contribution < 1.29 is 0 Å². The van der Waals surface area contributed by atoms with E-state index in [1.807, 2.05) is 36.4 Å². The molecule has 0 amide bonds. The van der Waals surface area contributed by atoms with Crippen molar-refractivity contribution >= 4 is 15.9 Å². The molecule has 63 valence electrons. The summed E-state index contributed by atoms with van der Waals surface area (Å²) >= 11 is 3.50. The van der Waals surface area contributed by atoms with Gasteiger partial charge in [0.05, 0.1) is 0 Å². The maximum absolute atomic E-state index is 3.50. The molecule has 0 nitrogen and oxygen atoms in total. The Balaban J connectivity index is 2.54. The second-order valence-electron chi connectivity index (χ2n) is 2.76. The van der Waals surface area contributed by atoms with E-state index in [1.165, 1.54) is 5.56 Å². The molecule has 1 heteroatoms. The molecular weight excluding hydrogens is 224 g/mol. The Morgan fingerprint density at radius 3 is 2.38 bits per heavy atom. The van der Waals surface area contributed by atoms with E-state index in [-0.39, 0.29) is 0 Å². The highest BCUT2D eigenvalue weighted by molar-refractivity contribution is 9.10. The second-order valence-corrected chi connectivity index (χ2v) is 3.61. The van der Waals surface area contributed by atoms with Gasteiger partial charge in [0, 0.05) is 10.0 Å². The lowest BCUT2D eigenvalue weighted by Crippen LogP contribution is -1.77. The predicted molar refractivity (Wildman–Crippen MR) is 58.4 cm³/mol. The van der Waals surface area contributed by atoms with Gasteiger partial charge in [0.1, 0.15) is 0 Å². The minimum absolute atomic E-state index is 1.08. The van der Waals surface area contributed by atoms with E-state index >= 15 is 0 Å². The van der Waals surface area contributed by atoms with Gasteiger partial charge in [-0.2, -0.15) is 0 Å². The van der Waals surface area contributed by atoms with Gasteiger partial charge < -0.3 is 0 Å². The first-order valence-corrected chi connectivity index (χ1v) is 4.89. The fraction of sp³-hybridized carbons (Fsp3) is 0. The molecule has 0 atom stereocenters. The van der Waals surface area contributed by atoms with Crippen LogP contribution in [0.2, 0.25) is 0 Å². The van der Waals surface area contributed by atoms with Crippen LogP contribution in [0.25, 0.3) is 11.1 Å². The van der Waals surface area contributed by atoms with Crippen molar-refractivity contribution in [2.75, 3.05) is 0 Å². The molecule has 0 bridgehead atoms. The van der Waals surface area contributed by atoms with Gasteiger partial charge in [0.15, 0.2) is 0 Å². The summed E-state index contributed by atoms with van der Waals surface area (Å²) in [5, 5.41) is 0. The maximum Gasteiger partial charge on any atom is 0.0259 e. The average molecular weight is 232 g/mol. The summed E-state index contributed by atoms with van der Waals surface area (Å²) < 4.78 is 1.08. The van der Waals surface area contributed by atoms with Gasteiger partial charge >= 0.3 is 0 Å². The number of rotatable bonds is 1. The molecule has 0 aromatic heterocycles. The van der Waals surface area contributed by atoms with Crippen LogP contribution in [0, 0.1) is 6.07 Å². The minimum atomic E-state index is 1.08. The standard InChI is InChI=1S/C12H8Br/c13-12-9-5-4-8-11(12)10-6-2-1-3-7-10/h1-7,9H. The van der Waals surface area contributed by atoms with Crippen molar-refractivity contribution in [3.8, 4) is 11.1 Å². The first-order valence-electron chi connectivity index (χ1n) is 4.09. The Kier molecular flexibility index (Phi) is 2.46. The molecular formula is C12H8Br. The van der Waals surface area contributed by atoms with Crippen LogP contribution in [0.5, 0.6) is 0 Å².